The average Bonchev–Trinajstić information content (AvgIpc) is 3.07. The lowest BCUT2D eigenvalue weighted by Gasteiger charge is -2.43. The van der Waals surface area contributed by atoms with Gasteiger partial charge < -0.3 is 20.9 Å². The van der Waals surface area contributed by atoms with Crippen LogP contribution >= 0.6 is 0 Å². The van der Waals surface area contributed by atoms with Gasteiger partial charge in [-0.1, -0.05) is 0 Å². The number of nitrogens with one attached hydrogen (secondary N) is 2. The number of H-pyrrole nitrogens is 1. The molecule has 1 aromatic rings. The number of aryl methyl sites for hydroxylation is 1. The number of carbonyl (C=O) groups is 2. The fraction of sp³-hybridized carbons (Fsp3) is 0.643. The molecule has 0 aliphatic carbocycles. The van der Waals surface area contributed by atoms with E-state index in [-0.39, 0.29) is 30.0 Å². The maximum absolute atomic E-state index is 12.4. The highest BCUT2D eigenvalue weighted by atomic mass is 32.2. The summed E-state index contributed by atoms with van der Waals surface area (Å²) in [6.45, 7) is 3.18. The van der Waals surface area contributed by atoms with Crippen molar-refractivity contribution in [1.82, 2.24) is 25.1 Å². The Morgan fingerprint density at radius 1 is 1.36 bits per heavy atom. The molecule has 0 unspecified atom stereocenters. The summed E-state index contributed by atoms with van der Waals surface area (Å²) in [4.78, 5) is 34.1. The smallest absolute Gasteiger partial charge is 0.312 e. The van der Waals surface area contributed by atoms with Crippen molar-refractivity contribution in [3.63, 3.8) is 0 Å². The van der Waals surface area contributed by atoms with Gasteiger partial charge >= 0.3 is 6.03 Å². The highest BCUT2D eigenvalue weighted by Gasteiger charge is 2.47. The molecule has 10 nitrogen and oxygen atoms in total. The predicted octanol–water partition coefficient (Wildman–Crippen LogP) is -1.80. The van der Waals surface area contributed by atoms with Crippen molar-refractivity contribution < 1.29 is 18.0 Å². The quantitative estimate of drug-likeness (QED) is 0.571. The van der Waals surface area contributed by atoms with Gasteiger partial charge in [-0.25, -0.2) is 18.2 Å². The Bertz CT molecular complexity index is 776. The van der Waals surface area contributed by atoms with Gasteiger partial charge in [0.2, 0.25) is 5.91 Å². The minimum absolute atomic E-state index is 0.0220. The Morgan fingerprint density at radius 2 is 2.08 bits per heavy atom. The van der Waals surface area contributed by atoms with E-state index in [9.17, 15) is 18.0 Å². The molecule has 1 aromatic heterocycles. The van der Waals surface area contributed by atoms with E-state index in [1.807, 2.05) is 6.92 Å². The van der Waals surface area contributed by atoms with Gasteiger partial charge in [0.1, 0.15) is 0 Å². The van der Waals surface area contributed by atoms with Gasteiger partial charge in [0.15, 0.2) is 9.84 Å². The summed E-state index contributed by atoms with van der Waals surface area (Å²) < 4.78 is 24.3. The number of piperazine rings is 1. The lowest BCUT2D eigenvalue weighted by atomic mass is 10.0. The first-order chi connectivity index (χ1) is 11.8. The van der Waals surface area contributed by atoms with Crippen LogP contribution in [0.3, 0.4) is 0 Å². The number of nitrogens with two attached hydrogens (primary N) is 1. The molecule has 138 valence electrons. The number of aromatic amines is 1. The van der Waals surface area contributed by atoms with Crippen LogP contribution in [0, 0.1) is 6.92 Å². The van der Waals surface area contributed by atoms with Crippen LogP contribution in [0.5, 0.6) is 0 Å². The first-order valence-corrected chi connectivity index (χ1v) is 9.85. The van der Waals surface area contributed by atoms with E-state index in [2.05, 4.69) is 20.2 Å². The Hall–Kier alpha value is -2.14. The summed E-state index contributed by atoms with van der Waals surface area (Å²) in [5, 5.41) is 2.27. The summed E-state index contributed by atoms with van der Waals surface area (Å²) in [5.74, 6) is -0.356. The Kier molecular flexibility index (Phi) is 4.69. The highest BCUT2D eigenvalue weighted by Crippen LogP contribution is 2.28. The number of amides is 3. The van der Waals surface area contributed by atoms with Crippen LogP contribution in [0.4, 0.5) is 4.79 Å². The molecule has 25 heavy (non-hydrogen) atoms. The zero-order chi connectivity index (χ0) is 18.2. The second kappa shape index (κ2) is 6.64. The van der Waals surface area contributed by atoms with Crippen molar-refractivity contribution in [2.24, 2.45) is 5.73 Å². The second-order valence-corrected chi connectivity index (χ2v) is 8.62. The van der Waals surface area contributed by atoms with Crippen LogP contribution in [0.25, 0.3) is 0 Å². The van der Waals surface area contributed by atoms with E-state index in [1.54, 1.807) is 11.2 Å². The van der Waals surface area contributed by atoms with Crippen molar-refractivity contribution >= 4 is 21.8 Å². The van der Waals surface area contributed by atoms with Gasteiger partial charge in [-0.15, -0.1) is 0 Å². The van der Waals surface area contributed by atoms with E-state index in [0.29, 0.717) is 19.6 Å². The topological polar surface area (TPSA) is 141 Å². The number of hydrogen-bond acceptors (Lipinski definition) is 6. The first-order valence-electron chi connectivity index (χ1n) is 8.03. The number of sulfone groups is 1. The number of primary amides is 1. The number of imidazole rings is 1. The Morgan fingerprint density at radius 3 is 2.72 bits per heavy atom. The number of urea groups is 1. The molecule has 0 aromatic carbocycles. The molecule has 2 saturated heterocycles. The van der Waals surface area contributed by atoms with Crippen molar-refractivity contribution in [1.29, 1.82) is 0 Å². The van der Waals surface area contributed by atoms with Gasteiger partial charge in [0, 0.05) is 31.4 Å². The van der Waals surface area contributed by atoms with Crippen LogP contribution in [-0.2, 0) is 21.2 Å². The van der Waals surface area contributed by atoms with Crippen molar-refractivity contribution in [3.8, 4) is 0 Å². The molecule has 2 aliphatic heterocycles. The molecule has 0 radical (unpaired) electrons. The largest absolute Gasteiger partial charge is 0.352 e. The molecule has 2 fully saturated rings. The lowest BCUT2D eigenvalue weighted by Crippen LogP contribution is -2.61. The molecule has 2 aliphatic rings. The van der Waals surface area contributed by atoms with Crippen molar-refractivity contribution in [3.05, 3.63) is 17.7 Å². The number of nitrogens with zero attached hydrogens (tertiary/aromatic N) is 3. The molecule has 3 amide bonds. The third-order valence-electron chi connectivity index (χ3n) is 4.81. The Labute approximate surface area is 145 Å². The van der Waals surface area contributed by atoms with Crippen LogP contribution in [0.15, 0.2) is 6.33 Å². The fourth-order valence-electron chi connectivity index (χ4n) is 3.53. The van der Waals surface area contributed by atoms with Crippen LogP contribution in [0.1, 0.15) is 11.4 Å². The van der Waals surface area contributed by atoms with Gasteiger partial charge in [-0.3, -0.25) is 9.69 Å². The molecule has 4 N–H and O–H groups in total. The molecule has 11 heteroatoms. The molecule has 0 bridgehead atoms. The Balaban J connectivity index is 1.76. The van der Waals surface area contributed by atoms with Crippen LogP contribution < -0.4 is 11.1 Å². The first kappa shape index (κ1) is 17.7. The average molecular weight is 370 g/mol. The monoisotopic (exact) mass is 370 g/mol. The number of aromatic nitrogens is 2. The van der Waals surface area contributed by atoms with E-state index in [4.69, 9.17) is 5.73 Å². The third-order valence-corrected chi connectivity index (χ3v) is 6.51. The van der Waals surface area contributed by atoms with E-state index < -0.39 is 21.9 Å². The molecule has 0 saturated carbocycles. The number of fused-ring (bicyclic) bond motifs is 1. The summed E-state index contributed by atoms with van der Waals surface area (Å²) in [6, 6.07) is -1.47. The van der Waals surface area contributed by atoms with Gasteiger partial charge in [-0.2, -0.15) is 0 Å². The summed E-state index contributed by atoms with van der Waals surface area (Å²) in [7, 11) is -3.22. The van der Waals surface area contributed by atoms with Crippen LogP contribution in [0.2, 0.25) is 0 Å². The van der Waals surface area contributed by atoms with E-state index in [0.717, 1.165) is 11.4 Å². The number of hydrogen-bond donors (Lipinski definition) is 3. The standard InChI is InChI=1S/C14H22N6O4S/c1-9-10(18-8-17-9)5-19-2-3-20(13(21)4-16-14(15)22)12-7-25(23,24)6-11(12)19/h8,11-12H,2-7H2,1H3,(H,17,18)(H3,15,16,22)/t11-,12+/m1/s1. The summed E-state index contributed by atoms with van der Waals surface area (Å²) >= 11 is 0. The minimum Gasteiger partial charge on any atom is -0.352 e. The molecule has 3 heterocycles. The number of rotatable bonds is 4. The molecular weight excluding hydrogens is 348 g/mol. The highest BCUT2D eigenvalue weighted by molar-refractivity contribution is 7.91. The van der Waals surface area contributed by atoms with Gasteiger partial charge in [-0.05, 0) is 6.92 Å². The fourth-order valence-corrected chi connectivity index (χ4v) is 5.55. The molecule has 3 rings (SSSR count). The van der Waals surface area contributed by atoms with Crippen molar-refractivity contribution in [2.75, 3.05) is 31.1 Å². The van der Waals surface area contributed by atoms with Crippen LogP contribution in [-0.4, -0.2) is 83.3 Å². The second-order valence-electron chi connectivity index (χ2n) is 6.46. The normalized spacial score (nSPS) is 25.6. The number of carbonyl (C=O) groups excluding carboxylic acids is 2. The SMILES string of the molecule is Cc1[nH]cnc1CN1CCN(C(=O)CNC(N)=O)[C@H]2CS(=O)(=O)C[C@H]21. The minimum atomic E-state index is -3.22. The zero-order valence-electron chi connectivity index (χ0n) is 13.9. The molecule has 2 atom stereocenters. The van der Waals surface area contributed by atoms with E-state index >= 15 is 0 Å². The van der Waals surface area contributed by atoms with Crippen molar-refractivity contribution in [2.45, 2.75) is 25.6 Å². The van der Waals surface area contributed by atoms with E-state index in [1.165, 1.54) is 0 Å². The summed E-state index contributed by atoms with van der Waals surface area (Å²) in [6.07, 6.45) is 1.61. The predicted molar refractivity (Wildman–Crippen MR) is 89.3 cm³/mol. The summed E-state index contributed by atoms with van der Waals surface area (Å²) in [5.41, 5.74) is 6.82. The maximum atomic E-state index is 12.4. The molecule has 0 spiro atoms. The maximum Gasteiger partial charge on any atom is 0.312 e. The molecular formula is C14H22N6O4S. The van der Waals surface area contributed by atoms with Gasteiger partial charge in [0.05, 0.1) is 36.1 Å². The zero-order valence-corrected chi connectivity index (χ0v) is 14.8. The van der Waals surface area contributed by atoms with Gasteiger partial charge in [0.25, 0.3) is 0 Å². The lowest BCUT2D eigenvalue weighted by molar-refractivity contribution is -0.136. The third kappa shape index (κ3) is 3.76.